The van der Waals surface area contributed by atoms with Gasteiger partial charge in [0, 0.05) is 18.8 Å². The van der Waals surface area contributed by atoms with Crippen molar-refractivity contribution < 1.29 is 14.3 Å². The maximum atomic E-state index is 12.5. The second kappa shape index (κ2) is 5.72. The van der Waals surface area contributed by atoms with Crippen molar-refractivity contribution in [1.29, 1.82) is 0 Å². The van der Waals surface area contributed by atoms with Gasteiger partial charge in [0.05, 0.1) is 12.1 Å². The summed E-state index contributed by atoms with van der Waals surface area (Å²) < 4.78 is 5.34. The van der Waals surface area contributed by atoms with Crippen molar-refractivity contribution in [2.24, 2.45) is 5.92 Å². The van der Waals surface area contributed by atoms with Crippen LogP contribution in [-0.2, 0) is 14.3 Å². The Kier molecular flexibility index (Phi) is 3.91. The van der Waals surface area contributed by atoms with Crippen LogP contribution in [0.25, 0.3) is 0 Å². The fourth-order valence-corrected chi connectivity index (χ4v) is 3.05. The first-order chi connectivity index (χ1) is 10.5. The van der Waals surface area contributed by atoms with Crippen molar-refractivity contribution >= 4 is 17.5 Å². The summed E-state index contributed by atoms with van der Waals surface area (Å²) in [5.41, 5.74) is 1.68. The number of nitrogens with zero attached hydrogens (tertiary/aromatic N) is 1. The Labute approximate surface area is 130 Å². The van der Waals surface area contributed by atoms with Crippen LogP contribution < -0.4 is 10.2 Å². The van der Waals surface area contributed by atoms with E-state index in [0.29, 0.717) is 26.2 Å². The van der Waals surface area contributed by atoms with Gasteiger partial charge in [0.15, 0.2) is 0 Å². The lowest BCUT2D eigenvalue weighted by Crippen LogP contribution is -2.50. The molecule has 0 spiro atoms. The van der Waals surface area contributed by atoms with Crippen molar-refractivity contribution in [2.75, 3.05) is 24.7 Å². The molecule has 118 valence electrons. The van der Waals surface area contributed by atoms with Crippen molar-refractivity contribution in [3.63, 3.8) is 0 Å². The molecule has 0 unspecified atom stereocenters. The number of nitrogens with one attached hydrogen (secondary N) is 1. The standard InChI is InChI=1S/C17H22N2O3/c1-12-3-5-13(6-4-12)19-9-7-14(16(19)21)15(20)18-17(2)8-10-22-11-17/h3-6,14H,7-11H2,1-2H3,(H,18,20)/t14-,17-/m1/s1. The summed E-state index contributed by atoms with van der Waals surface area (Å²) in [6, 6.07) is 7.82. The van der Waals surface area contributed by atoms with Crippen LogP contribution in [0.5, 0.6) is 0 Å². The third-order valence-corrected chi connectivity index (χ3v) is 4.51. The molecule has 2 aliphatic rings. The number of ether oxygens (including phenoxy) is 1. The SMILES string of the molecule is Cc1ccc(N2CC[C@H](C(=O)N[C@]3(C)CCOC3)C2=O)cc1. The third-order valence-electron chi connectivity index (χ3n) is 4.51. The van der Waals surface area contributed by atoms with Crippen molar-refractivity contribution in [1.82, 2.24) is 5.32 Å². The second-order valence-corrected chi connectivity index (χ2v) is 6.52. The molecule has 0 aliphatic carbocycles. The molecule has 1 N–H and O–H groups in total. The van der Waals surface area contributed by atoms with Crippen LogP contribution in [0.4, 0.5) is 5.69 Å². The van der Waals surface area contributed by atoms with E-state index in [1.165, 1.54) is 0 Å². The van der Waals surface area contributed by atoms with Gasteiger partial charge in [-0.15, -0.1) is 0 Å². The van der Waals surface area contributed by atoms with E-state index in [0.717, 1.165) is 17.7 Å². The van der Waals surface area contributed by atoms with E-state index in [2.05, 4.69) is 5.32 Å². The normalized spacial score (nSPS) is 28.2. The molecule has 5 nitrogen and oxygen atoms in total. The first-order valence-corrected chi connectivity index (χ1v) is 7.76. The van der Waals surface area contributed by atoms with E-state index in [1.54, 1.807) is 4.90 Å². The van der Waals surface area contributed by atoms with E-state index in [-0.39, 0.29) is 17.4 Å². The van der Waals surface area contributed by atoms with Gasteiger partial charge in [0.1, 0.15) is 5.92 Å². The smallest absolute Gasteiger partial charge is 0.239 e. The summed E-state index contributed by atoms with van der Waals surface area (Å²) in [6.07, 6.45) is 1.36. The monoisotopic (exact) mass is 302 g/mol. The Morgan fingerprint density at radius 2 is 2.09 bits per heavy atom. The number of amides is 2. The van der Waals surface area contributed by atoms with Gasteiger partial charge in [0.2, 0.25) is 11.8 Å². The molecule has 2 fully saturated rings. The molecule has 0 radical (unpaired) electrons. The summed E-state index contributed by atoms with van der Waals surface area (Å²) in [6.45, 7) is 5.74. The lowest BCUT2D eigenvalue weighted by molar-refractivity contribution is -0.133. The predicted octanol–water partition coefficient (Wildman–Crippen LogP) is 1.64. The number of carbonyl (C=O) groups excluding carboxylic acids is 2. The van der Waals surface area contributed by atoms with Crippen molar-refractivity contribution in [3.8, 4) is 0 Å². The molecule has 0 bridgehead atoms. The first kappa shape index (κ1) is 15.0. The van der Waals surface area contributed by atoms with Gasteiger partial charge in [-0.2, -0.15) is 0 Å². The number of carbonyl (C=O) groups is 2. The van der Waals surface area contributed by atoms with Crippen LogP contribution in [0.3, 0.4) is 0 Å². The molecular formula is C17H22N2O3. The van der Waals surface area contributed by atoms with Crippen LogP contribution in [0.2, 0.25) is 0 Å². The summed E-state index contributed by atoms with van der Waals surface area (Å²) in [4.78, 5) is 26.7. The lowest BCUT2D eigenvalue weighted by atomic mass is 9.99. The molecule has 3 rings (SSSR count). The molecule has 2 aliphatic heterocycles. The highest BCUT2D eigenvalue weighted by atomic mass is 16.5. The van der Waals surface area contributed by atoms with E-state index in [9.17, 15) is 9.59 Å². The highest BCUT2D eigenvalue weighted by Gasteiger charge is 2.41. The first-order valence-electron chi connectivity index (χ1n) is 7.76. The van der Waals surface area contributed by atoms with E-state index in [1.807, 2.05) is 38.1 Å². The third kappa shape index (κ3) is 2.86. The van der Waals surface area contributed by atoms with Gasteiger partial charge in [-0.05, 0) is 38.8 Å². The number of hydrogen-bond donors (Lipinski definition) is 1. The minimum absolute atomic E-state index is 0.108. The molecule has 2 heterocycles. The zero-order valence-corrected chi connectivity index (χ0v) is 13.1. The maximum Gasteiger partial charge on any atom is 0.239 e. The zero-order valence-electron chi connectivity index (χ0n) is 13.1. The molecule has 1 aromatic carbocycles. The quantitative estimate of drug-likeness (QED) is 0.864. The molecule has 22 heavy (non-hydrogen) atoms. The Bertz CT molecular complexity index is 576. The average Bonchev–Trinajstić information content (AvgIpc) is 3.06. The maximum absolute atomic E-state index is 12.5. The minimum atomic E-state index is -0.585. The van der Waals surface area contributed by atoms with Crippen LogP contribution in [-0.4, -0.2) is 37.1 Å². The summed E-state index contributed by atoms with van der Waals surface area (Å²) in [5, 5.41) is 3.00. The van der Waals surface area contributed by atoms with Gasteiger partial charge in [-0.25, -0.2) is 0 Å². The molecule has 0 aromatic heterocycles. The number of anilines is 1. The highest BCUT2D eigenvalue weighted by molar-refractivity contribution is 6.09. The van der Waals surface area contributed by atoms with Crippen molar-refractivity contribution in [2.45, 2.75) is 32.2 Å². The Balaban J connectivity index is 1.68. The molecule has 5 heteroatoms. The zero-order chi connectivity index (χ0) is 15.7. The Morgan fingerprint density at radius 1 is 1.36 bits per heavy atom. The largest absolute Gasteiger partial charge is 0.379 e. The van der Waals surface area contributed by atoms with E-state index >= 15 is 0 Å². The van der Waals surface area contributed by atoms with E-state index in [4.69, 9.17) is 4.74 Å². The van der Waals surface area contributed by atoms with Gasteiger partial charge < -0.3 is 15.0 Å². The van der Waals surface area contributed by atoms with Gasteiger partial charge in [0.25, 0.3) is 0 Å². The Morgan fingerprint density at radius 3 is 2.73 bits per heavy atom. The minimum Gasteiger partial charge on any atom is -0.379 e. The topological polar surface area (TPSA) is 58.6 Å². The second-order valence-electron chi connectivity index (χ2n) is 6.52. The summed E-state index contributed by atoms with van der Waals surface area (Å²) >= 11 is 0. The Hall–Kier alpha value is -1.88. The fraction of sp³-hybridized carbons (Fsp3) is 0.529. The van der Waals surface area contributed by atoms with Crippen LogP contribution in [0.15, 0.2) is 24.3 Å². The average molecular weight is 302 g/mol. The number of rotatable bonds is 3. The van der Waals surface area contributed by atoms with Crippen molar-refractivity contribution in [3.05, 3.63) is 29.8 Å². The summed E-state index contributed by atoms with van der Waals surface area (Å²) in [5.74, 6) is -0.866. The number of hydrogen-bond acceptors (Lipinski definition) is 3. The fourth-order valence-electron chi connectivity index (χ4n) is 3.05. The molecule has 2 atom stereocenters. The molecule has 2 saturated heterocycles. The molecule has 1 aromatic rings. The molecular weight excluding hydrogens is 280 g/mol. The van der Waals surface area contributed by atoms with Gasteiger partial charge in [-0.3, -0.25) is 9.59 Å². The van der Waals surface area contributed by atoms with E-state index < -0.39 is 5.92 Å². The van der Waals surface area contributed by atoms with Crippen LogP contribution in [0, 0.1) is 12.8 Å². The van der Waals surface area contributed by atoms with Gasteiger partial charge >= 0.3 is 0 Å². The lowest BCUT2D eigenvalue weighted by Gasteiger charge is -2.25. The summed E-state index contributed by atoms with van der Waals surface area (Å²) in [7, 11) is 0. The predicted molar refractivity (Wildman–Crippen MR) is 83.6 cm³/mol. The number of aryl methyl sites for hydroxylation is 1. The van der Waals surface area contributed by atoms with Gasteiger partial charge in [-0.1, -0.05) is 17.7 Å². The van der Waals surface area contributed by atoms with Crippen LogP contribution >= 0.6 is 0 Å². The molecule has 2 amide bonds. The highest BCUT2D eigenvalue weighted by Crippen LogP contribution is 2.27. The molecule has 0 saturated carbocycles. The number of benzene rings is 1. The van der Waals surface area contributed by atoms with Crippen LogP contribution in [0.1, 0.15) is 25.3 Å².